The van der Waals surface area contributed by atoms with Crippen LogP contribution in [0, 0.1) is 11.3 Å². The van der Waals surface area contributed by atoms with Crippen molar-refractivity contribution in [1.29, 1.82) is 5.26 Å². The number of fused-ring (bicyclic) bond motifs is 2. The molecule has 0 radical (unpaired) electrons. The molecule has 2 aromatic rings. The highest BCUT2D eigenvalue weighted by atomic mass is 16.2. The van der Waals surface area contributed by atoms with Crippen LogP contribution in [0.2, 0.25) is 0 Å². The first-order chi connectivity index (χ1) is 12.3. The summed E-state index contributed by atoms with van der Waals surface area (Å²) in [6.07, 6.45) is 6.56. The van der Waals surface area contributed by atoms with Gasteiger partial charge in [-0.05, 0) is 66.3 Å². The van der Waals surface area contributed by atoms with Crippen LogP contribution in [0.15, 0.2) is 36.4 Å². The Morgan fingerprint density at radius 1 is 1.00 bits per heavy atom. The van der Waals surface area contributed by atoms with Crippen LogP contribution in [-0.2, 0) is 25.7 Å². The van der Waals surface area contributed by atoms with Gasteiger partial charge in [0.25, 0.3) is 0 Å². The van der Waals surface area contributed by atoms with Gasteiger partial charge < -0.3 is 10.6 Å². The minimum atomic E-state index is -0.647. The topological polar surface area (TPSA) is 64.9 Å². The fourth-order valence-electron chi connectivity index (χ4n) is 4.08. The molecule has 4 heteroatoms. The zero-order valence-electron chi connectivity index (χ0n) is 14.1. The van der Waals surface area contributed by atoms with Gasteiger partial charge in [0.15, 0.2) is 0 Å². The van der Waals surface area contributed by atoms with E-state index in [1.807, 2.05) is 30.3 Å². The summed E-state index contributed by atoms with van der Waals surface area (Å²) in [5.41, 5.74) is 7.16. The summed E-state index contributed by atoms with van der Waals surface area (Å²) < 4.78 is 0. The monoisotopic (exact) mass is 331 g/mol. The fraction of sp³-hybridized carbons (Fsp3) is 0.333. The first-order valence-corrected chi connectivity index (χ1v) is 8.95. The lowest BCUT2D eigenvalue weighted by Gasteiger charge is -2.18. The predicted octanol–water partition coefficient (Wildman–Crippen LogP) is 4.05. The Balaban J connectivity index is 1.57. The van der Waals surface area contributed by atoms with Gasteiger partial charge in [0.2, 0.25) is 0 Å². The zero-order chi connectivity index (χ0) is 17.2. The number of urea groups is 1. The molecule has 0 fully saturated rings. The van der Waals surface area contributed by atoms with Crippen LogP contribution in [0.3, 0.4) is 0 Å². The quantitative estimate of drug-likeness (QED) is 0.891. The number of amides is 2. The van der Waals surface area contributed by atoms with Crippen molar-refractivity contribution in [2.45, 2.75) is 44.6 Å². The van der Waals surface area contributed by atoms with Crippen LogP contribution in [-0.4, -0.2) is 6.03 Å². The predicted molar refractivity (Wildman–Crippen MR) is 97.4 cm³/mol. The number of carbonyl (C=O) groups is 1. The van der Waals surface area contributed by atoms with Crippen molar-refractivity contribution in [2.24, 2.45) is 0 Å². The number of nitriles is 1. The standard InChI is InChI=1S/C21H21N3O/c22-13-19(14-6-2-1-3-7-14)23-21(25)24-20-17-10-4-8-15(17)12-16-9-5-11-18(16)20/h1-3,6-7,12,19H,4-5,8-11H2,(H2,23,24,25). The van der Waals surface area contributed by atoms with Crippen LogP contribution < -0.4 is 10.6 Å². The first-order valence-electron chi connectivity index (χ1n) is 8.95. The lowest BCUT2D eigenvalue weighted by atomic mass is 9.99. The Bertz CT molecular complexity index is 819. The number of nitrogens with zero attached hydrogens (tertiary/aromatic N) is 1. The van der Waals surface area contributed by atoms with E-state index in [-0.39, 0.29) is 6.03 Å². The van der Waals surface area contributed by atoms with Crippen molar-refractivity contribution in [3.05, 3.63) is 64.2 Å². The molecule has 25 heavy (non-hydrogen) atoms. The van der Waals surface area contributed by atoms with Crippen LogP contribution in [0.4, 0.5) is 10.5 Å². The van der Waals surface area contributed by atoms with E-state index >= 15 is 0 Å². The van der Waals surface area contributed by atoms with E-state index < -0.39 is 6.04 Å². The molecule has 2 amide bonds. The minimum Gasteiger partial charge on any atom is -0.318 e. The molecule has 1 atom stereocenters. The molecule has 0 bridgehead atoms. The summed E-state index contributed by atoms with van der Waals surface area (Å²) in [5.74, 6) is 0. The maximum Gasteiger partial charge on any atom is 0.320 e. The van der Waals surface area contributed by atoms with Crippen molar-refractivity contribution < 1.29 is 4.79 Å². The average Bonchev–Trinajstić information content (AvgIpc) is 3.29. The molecule has 0 saturated carbocycles. The van der Waals surface area contributed by atoms with Gasteiger partial charge in [-0.15, -0.1) is 0 Å². The van der Waals surface area contributed by atoms with E-state index in [1.54, 1.807) is 0 Å². The highest BCUT2D eigenvalue weighted by molar-refractivity contribution is 5.92. The Hall–Kier alpha value is -2.80. The Labute approximate surface area is 147 Å². The third-order valence-corrected chi connectivity index (χ3v) is 5.25. The number of rotatable bonds is 3. The van der Waals surface area contributed by atoms with E-state index in [9.17, 15) is 10.1 Å². The van der Waals surface area contributed by atoms with E-state index in [4.69, 9.17) is 0 Å². The number of aryl methyl sites for hydroxylation is 2. The van der Waals surface area contributed by atoms with Gasteiger partial charge in [-0.3, -0.25) is 0 Å². The summed E-state index contributed by atoms with van der Waals surface area (Å²) >= 11 is 0. The third kappa shape index (κ3) is 2.98. The maximum absolute atomic E-state index is 12.6. The molecule has 2 aliphatic rings. The highest BCUT2D eigenvalue weighted by Crippen LogP contribution is 2.38. The molecular formula is C21H21N3O. The van der Waals surface area contributed by atoms with Gasteiger partial charge in [-0.2, -0.15) is 5.26 Å². The van der Waals surface area contributed by atoms with Gasteiger partial charge in [-0.25, -0.2) is 4.79 Å². The number of nitrogens with one attached hydrogen (secondary N) is 2. The third-order valence-electron chi connectivity index (χ3n) is 5.25. The van der Waals surface area contributed by atoms with Gasteiger partial charge in [0, 0.05) is 5.69 Å². The summed E-state index contributed by atoms with van der Waals surface area (Å²) in [6, 6.07) is 12.9. The van der Waals surface area contributed by atoms with Crippen molar-refractivity contribution in [3.8, 4) is 6.07 Å². The number of hydrogen-bond donors (Lipinski definition) is 2. The molecule has 0 aromatic heterocycles. The summed E-state index contributed by atoms with van der Waals surface area (Å²) in [7, 11) is 0. The smallest absolute Gasteiger partial charge is 0.318 e. The Kier molecular flexibility index (Phi) is 4.15. The van der Waals surface area contributed by atoms with Crippen LogP contribution in [0.1, 0.15) is 46.7 Å². The molecule has 2 aliphatic carbocycles. The van der Waals surface area contributed by atoms with Crippen LogP contribution in [0.5, 0.6) is 0 Å². The molecule has 126 valence electrons. The SMILES string of the molecule is N#CC(NC(=O)Nc1c2c(cc3c1CCC3)CCC2)c1ccccc1. The van der Waals surface area contributed by atoms with Crippen molar-refractivity contribution in [3.63, 3.8) is 0 Å². The number of benzene rings is 2. The van der Waals surface area contributed by atoms with Gasteiger partial charge >= 0.3 is 6.03 Å². The summed E-state index contributed by atoms with van der Waals surface area (Å²) in [5, 5.41) is 15.3. The molecule has 0 spiro atoms. The first kappa shape index (κ1) is 15.7. The lowest BCUT2D eigenvalue weighted by Crippen LogP contribution is -2.32. The van der Waals surface area contributed by atoms with Gasteiger partial charge in [0.1, 0.15) is 6.04 Å². The van der Waals surface area contributed by atoms with Crippen molar-refractivity contribution in [2.75, 3.05) is 5.32 Å². The molecule has 0 saturated heterocycles. The summed E-state index contributed by atoms with van der Waals surface area (Å²) in [4.78, 5) is 12.6. The summed E-state index contributed by atoms with van der Waals surface area (Å²) in [6.45, 7) is 0. The molecule has 0 heterocycles. The van der Waals surface area contributed by atoms with E-state index in [2.05, 4.69) is 22.8 Å². The van der Waals surface area contributed by atoms with Crippen LogP contribution >= 0.6 is 0 Å². The minimum absolute atomic E-state index is 0.301. The number of carbonyl (C=O) groups excluding carboxylic acids is 1. The molecule has 2 N–H and O–H groups in total. The molecule has 1 unspecified atom stereocenters. The second kappa shape index (κ2) is 6.60. The van der Waals surface area contributed by atoms with E-state index in [0.29, 0.717) is 0 Å². The Morgan fingerprint density at radius 3 is 2.24 bits per heavy atom. The van der Waals surface area contributed by atoms with Gasteiger partial charge in [-0.1, -0.05) is 36.4 Å². The number of anilines is 1. The molecule has 2 aromatic carbocycles. The van der Waals surface area contributed by atoms with E-state index in [1.165, 1.54) is 22.3 Å². The number of hydrogen-bond acceptors (Lipinski definition) is 2. The molecule has 4 nitrogen and oxygen atoms in total. The normalized spacial score (nSPS) is 15.8. The lowest BCUT2D eigenvalue weighted by molar-refractivity contribution is 0.250. The van der Waals surface area contributed by atoms with Gasteiger partial charge in [0.05, 0.1) is 6.07 Å². The van der Waals surface area contributed by atoms with Crippen molar-refractivity contribution in [1.82, 2.24) is 5.32 Å². The zero-order valence-corrected chi connectivity index (χ0v) is 14.1. The van der Waals surface area contributed by atoms with E-state index in [0.717, 1.165) is 49.8 Å². The second-order valence-electron chi connectivity index (χ2n) is 6.81. The second-order valence-corrected chi connectivity index (χ2v) is 6.81. The largest absolute Gasteiger partial charge is 0.320 e. The molecular weight excluding hydrogens is 310 g/mol. The Morgan fingerprint density at radius 2 is 1.64 bits per heavy atom. The molecule has 0 aliphatic heterocycles. The van der Waals surface area contributed by atoms with Crippen molar-refractivity contribution >= 4 is 11.7 Å². The van der Waals surface area contributed by atoms with Crippen LogP contribution in [0.25, 0.3) is 0 Å². The average molecular weight is 331 g/mol. The molecule has 4 rings (SSSR count). The fourth-order valence-corrected chi connectivity index (χ4v) is 4.08. The highest BCUT2D eigenvalue weighted by Gasteiger charge is 2.25. The maximum atomic E-state index is 12.6.